The molecule has 0 radical (unpaired) electrons. The monoisotopic (exact) mass is 802 g/mol. The minimum atomic E-state index is -2.91. The lowest BCUT2D eigenvalue weighted by molar-refractivity contribution is -0.175. The van der Waals surface area contributed by atoms with Crippen LogP contribution in [0, 0.1) is 10.8 Å². The predicted molar refractivity (Wildman–Crippen MR) is 231 cm³/mol. The van der Waals surface area contributed by atoms with E-state index in [9.17, 15) is 5.11 Å². The first kappa shape index (κ1) is 43.2. The van der Waals surface area contributed by atoms with E-state index in [1.54, 1.807) is 7.11 Å². The standard InChI is InChI=1S/C47H70O7Si2/c1-43(2,3)55(9,10)54-42-23-17-22-41(50-33-36-24-26-37(49-8)27-25-36)45(42,7)32-40(48)46(28-29-47(34-46)51-30-31-52-47)35-53-56(44(4,5)6,38-18-13-11-14-19-38)39-20-15-12-16-21-39/h11-16,18-21,24-27,40-42,48H,17,22-23,28-35H2,1-10H3/t40?,41-,42-,45-,46-/m0/s1. The molecule has 3 fully saturated rings. The average Bonchev–Trinajstić information content (AvgIpc) is 3.79. The van der Waals surface area contributed by atoms with Crippen LogP contribution in [0.1, 0.15) is 99.0 Å². The second-order valence-corrected chi connectivity index (χ2v) is 28.8. The summed E-state index contributed by atoms with van der Waals surface area (Å²) >= 11 is 0. The average molecular weight is 803 g/mol. The highest BCUT2D eigenvalue weighted by molar-refractivity contribution is 6.99. The number of aliphatic hydroxyl groups is 1. The van der Waals surface area contributed by atoms with Crippen molar-refractivity contribution in [2.24, 2.45) is 10.8 Å². The van der Waals surface area contributed by atoms with Crippen LogP contribution in [0.15, 0.2) is 84.9 Å². The molecule has 0 bridgehead atoms. The van der Waals surface area contributed by atoms with Gasteiger partial charge in [0.05, 0.1) is 45.2 Å². The van der Waals surface area contributed by atoms with Gasteiger partial charge in [-0.15, -0.1) is 0 Å². The molecule has 6 rings (SSSR count). The smallest absolute Gasteiger partial charge is 0.261 e. The Labute approximate surface area is 340 Å². The third-order valence-electron chi connectivity index (χ3n) is 14.0. The van der Waals surface area contributed by atoms with Crippen LogP contribution in [0.3, 0.4) is 0 Å². The maximum atomic E-state index is 13.1. The molecule has 3 aromatic carbocycles. The Morgan fingerprint density at radius 1 is 0.786 bits per heavy atom. The molecule has 56 heavy (non-hydrogen) atoms. The molecule has 1 spiro atoms. The quantitative estimate of drug-likeness (QED) is 0.163. The number of hydrogen-bond acceptors (Lipinski definition) is 7. The summed E-state index contributed by atoms with van der Waals surface area (Å²) in [5.41, 5.74) is 0.0292. The predicted octanol–water partition coefficient (Wildman–Crippen LogP) is 9.40. The van der Waals surface area contributed by atoms with Gasteiger partial charge in [0.25, 0.3) is 8.32 Å². The fourth-order valence-electron chi connectivity index (χ4n) is 9.58. The van der Waals surface area contributed by atoms with Crippen molar-refractivity contribution in [1.29, 1.82) is 0 Å². The molecule has 2 aliphatic carbocycles. The first-order valence-corrected chi connectivity index (χ1v) is 25.8. The normalized spacial score (nSPS) is 26.4. The molecular formula is C47H70O7Si2. The summed E-state index contributed by atoms with van der Waals surface area (Å²) in [6, 6.07) is 29.8. The highest BCUT2D eigenvalue weighted by Crippen LogP contribution is 2.56. The topological polar surface area (TPSA) is 75.6 Å². The van der Waals surface area contributed by atoms with Crippen LogP contribution in [0.25, 0.3) is 0 Å². The van der Waals surface area contributed by atoms with Gasteiger partial charge in [0.15, 0.2) is 14.1 Å². The van der Waals surface area contributed by atoms with Gasteiger partial charge < -0.3 is 32.9 Å². The van der Waals surface area contributed by atoms with Gasteiger partial charge in [-0.3, -0.25) is 0 Å². The van der Waals surface area contributed by atoms with E-state index in [0.717, 1.165) is 43.4 Å². The highest BCUT2D eigenvalue weighted by Gasteiger charge is 2.60. The molecule has 7 nitrogen and oxygen atoms in total. The summed E-state index contributed by atoms with van der Waals surface area (Å²) in [7, 11) is -3.41. The Morgan fingerprint density at radius 3 is 1.89 bits per heavy atom. The zero-order valence-corrected chi connectivity index (χ0v) is 38.0. The first-order chi connectivity index (χ1) is 26.4. The van der Waals surface area contributed by atoms with Crippen molar-refractivity contribution in [1.82, 2.24) is 0 Å². The number of methoxy groups -OCH3 is 1. The molecule has 3 aromatic rings. The van der Waals surface area contributed by atoms with E-state index in [-0.39, 0.29) is 22.3 Å². The molecule has 0 amide bonds. The maximum absolute atomic E-state index is 13.1. The van der Waals surface area contributed by atoms with Crippen LogP contribution in [0.5, 0.6) is 5.75 Å². The van der Waals surface area contributed by atoms with Crippen LogP contribution in [-0.2, 0) is 29.7 Å². The summed E-state index contributed by atoms with van der Waals surface area (Å²) in [5.74, 6) is 0.127. The fraction of sp³-hybridized carbons (Fsp3) is 0.617. The van der Waals surface area contributed by atoms with Crippen LogP contribution in [0.2, 0.25) is 23.2 Å². The van der Waals surface area contributed by atoms with Crippen molar-refractivity contribution in [2.45, 2.75) is 147 Å². The van der Waals surface area contributed by atoms with Crippen molar-refractivity contribution in [3.05, 3.63) is 90.5 Å². The van der Waals surface area contributed by atoms with Crippen molar-refractivity contribution in [2.75, 3.05) is 26.9 Å². The summed E-state index contributed by atoms with van der Waals surface area (Å²) in [6.45, 7) is 22.9. The zero-order valence-electron chi connectivity index (χ0n) is 36.0. The molecule has 2 saturated carbocycles. The molecule has 1 aliphatic heterocycles. The van der Waals surface area contributed by atoms with Crippen molar-refractivity contribution in [3.8, 4) is 5.75 Å². The van der Waals surface area contributed by atoms with Crippen LogP contribution < -0.4 is 15.1 Å². The summed E-state index contributed by atoms with van der Waals surface area (Å²) in [4.78, 5) is 0. The molecule has 9 heteroatoms. The van der Waals surface area contributed by atoms with E-state index < -0.39 is 39.4 Å². The third kappa shape index (κ3) is 8.67. The number of hydrogen-bond donors (Lipinski definition) is 1. The van der Waals surface area contributed by atoms with Crippen molar-refractivity contribution in [3.63, 3.8) is 0 Å². The minimum Gasteiger partial charge on any atom is -0.497 e. The summed E-state index contributed by atoms with van der Waals surface area (Å²) in [5, 5.41) is 15.5. The highest BCUT2D eigenvalue weighted by atomic mass is 28.4. The molecule has 1 N–H and O–H groups in total. The largest absolute Gasteiger partial charge is 0.497 e. The number of aliphatic hydroxyl groups excluding tert-OH is 1. The van der Waals surface area contributed by atoms with Crippen LogP contribution in [0.4, 0.5) is 0 Å². The molecule has 1 unspecified atom stereocenters. The first-order valence-electron chi connectivity index (χ1n) is 21.0. The molecule has 0 aromatic heterocycles. The SMILES string of the molecule is COc1ccc(CO[C@H]2CCC[C@H](O[Si](C)(C)C(C)(C)C)[C@@]2(C)CC(O)[C@@]2(CO[Si](c3ccccc3)(c3ccccc3)C(C)(C)C)CCC3(C2)OCCO3)cc1. The lowest BCUT2D eigenvalue weighted by Gasteiger charge is -2.53. The lowest BCUT2D eigenvalue weighted by Crippen LogP contribution is -2.67. The van der Waals surface area contributed by atoms with Gasteiger partial charge in [-0.1, -0.05) is 121 Å². The van der Waals surface area contributed by atoms with Crippen molar-refractivity contribution < 1.29 is 32.9 Å². The lowest BCUT2D eigenvalue weighted by atomic mass is 9.64. The molecule has 1 saturated heterocycles. The molecule has 308 valence electrons. The fourth-order valence-corrected chi connectivity index (χ4v) is 15.7. The number of benzene rings is 3. The van der Waals surface area contributed by atoms with Crippen LogP contribution in [-0.4, -0.2) is 72.8 Å². The minimum absolute atomic E-state index is 0.0449. The van der Waals surface area contributed by atoms with E-state index in [2.05, 4.69) is 134 Å². The van der Waals surface area contributed by atoms with E-state index in [1.807, 2.05) is 12.1 Å². The Kier molecular flexibility index (Phi) is 12.9. The van der Waals surface area contributed by atoms with Gasteiger partial charge in [0.2, 0.25) is 0 Å². The van der Waals surface area contributed by atoms with E-state index in [4.69, 9.17) is 27.8 Å². The summed E-state index contributed by atoms with van der Waals surface area (Å²) < 4.78 is 40.3. The van der Waals surface area contributed by atoms with Gasteiger partial charge in [0.1, 0.15) is 5.75 Å². The molecule has 5 atom stereocenters. The van der Waals surface area contributed by atoms with Gasteiger partial charge in [-0.05, 0) is 83.3 Å². The van der Waals surface area contributed by atoms with Crippen LogP contribution >= 0.6 is 0 Å². The zero-order chi connectivity index (χ0) is 40.5. The van der Waals surface area contributed by atoms with Crippen molar-refractivity contribution >= 4 is 27.0 Å². The Hall–Kier alpha value is -2.35. The van der Waals surface area contributed by atoms with Gasteiger partial charge in [-0.2, -0.15) is 0 Å². The maximum Gasteiger partial charge on any atom is 0.261 e. The van der Waals surface area contributed by atoms with E-state index in [0.29, 0.717) is 39.3 Å². The van der Waals surface area contributed by atoms with Gasteiger partial charge in [-0.25, -0.2) is 0 Å². The Bertz CT molecular complexity index is 1660. The van der Waals surface area contributed by atoms with Gasteiger partial charge >= 0.3 is 0 Å². The van der Waals surface area contributed by atoms with E-state index >= 15 is 0 Å². The molecule has 1 heterocycles. The number of rotatable bonds is 14. The second-order valence-electron chi connectivity index (χ2n) is 19.8. The Morgan fingerprint density at radius 2 is 1.36 bits per heavy atom. The number of ether oxygens (including phenoxy) is 4. The second kappa shape index (κ2) is 16.7. The molecular weight excluding hydrogens is 733 g/mol. The van der Waals surface area contributed by atoms with E-state index in [1.165, 1.54) is 10.4 Å². The van der Waals surface area contributed by atoms with Gasteiger partial charge in [0, 0.05) is 30.3 Å². The summed E-state index contributed by atoms with van der Waals surface area (Å²) in [6.07, 6.45) is 4.58. The Balaban J connectivity index is 1.38. The molecule has 3 aliphatic rings. The third-order valence-corrected chi connectivity index (χ3v) is 23.5.